The van der Waals surface area contributed by atoms with Gasteiger partial charge in [0.25, 0.3) is 19.5 Å². The third kappa shape index (κ3) is 18.8. The quantitative estimate of drug-likeness (QED) is 0.0550. The van der Waals surface area contributed by atoms with Crippen molar-refractivity contribution in [2.24, 2.45) is 0 Å². The van der Waals surface area contributed by atoms with Gasteiger partial charge in [-0.25, -0.2) is 0 Å². The van der Waals surface area contributed by atoms with Gasteiger partial charge in [-0.1, -0.05) is 50.2 Å². The van der Waals surface area contributed by atoms with E-state index in [0.29, 0.717) is 50.7 Å². The van der Waals surface area contributed by atoms with Gasteiger partial charge in [0.15, 0.2) is 0 Å². The first-order chi connectivity index (χ1) is 29.0. The lowest BCUT2D eigenvalue weighted by Crippen LogP contribution is -2.43. The van der Waals surface area contributed by atoms with Crippen LogP contribution in [-0.2, 0) is 27.2 Å². The summed E-state index contributed by atoms with van der Waals surface area (Å²) in [6.07, 6.45) is 3.71. The standard InChI is InChI=1S/C46H80N2O8Si4/c1-11-49-45(9,57-55-43-23-19-17-20-24-43)33-37-47(35-31-39(7)59(51-13-3)52-14-4)41-27-29-42(30-28-41)48(36-32-40(8)60(53-15-5)54-16-6)38-34-46(10,50-12-2)58-56-44-25-21-18-22-26-44/h17-30,39-40,59-60H,11-16,31-38,57-58H2,1-10H3. The van der Waals surface area contributed by atoms with Gasteiger partial charge in [-0.3, -0.25) is 0 Å². The highest BCUT2D eigenvalue weighted by Crippen LogP contribution is 2.29. The SMILES string of the molecule is CCO[SiH](OCC)C(C)CCN(CCC(C)(OCC)[SiH2]Oc1ccccc1)c1ccc(N(CCC(C)[SiH](OCC)OCC)CCC(C)(OCC)[SiH2]Oc2ccccc2)cc1. The van der Waals surface area contributed by atoms with Crippen LogP contribution in [0.2, 0.25) is 11.1 Å². The second kappa shape index (κ2) is 29.0. The maximum atomic E-state index is 6.46. The smallest absolute Gasteiger partial charge is 0.324 e. The van der Waals surface area contributed by atoms with E-state index >= 15 is 0 Å². The molecule has 3 rings (SSSR count). The molecule has 3 aromatic rings. The summed E-state index contributed by atoms with van der Waals surface area (Å²) in [7, 11) is -5.73. The molecule has 0 spiro atoms. The minimum Gasteiger partial charge on any atom is -0.546 e. The van der Waals surface area contributed by atoms with Crippen molar-refractivity contribution >= 4 is 49.5 Å². The van der Waals surface area contributed by atoms with Crippen LogP contribution in [0, 0.1) is 0 Å². The lowest BCUT2D eigenvalue weighted by molar-refractivity contribution is 0.0266. The number of hydrogen-bond acceptors (Lipinski definition) is 10. The molecule has 0 saturated heterocycles. The normalized spacial score (nSPS) is 15.1. The molecule has 3 aromatic carbocycles. The molecule has 0 N–H and O–H groups in total. The molecule has 338 valence electrons. The van der Waals surface area contributed by atoms with E-state index in [1.165, 1.54) is 11.4 Å². The third-order valence-corrected chi connectivity index (χ3v) is 19.4. The van der Waals surface area contributed by atoms with Gasteiger partial charge in [-0.2, -0.15) is 0 Å². The van der Waals surface area contributed by atoms with Crippen molar-refractivity contribution in [3.05, 3.63) is 84.9 Å². The minimum absolute atomic E-state index is 0.319. The molecule has 0 aromatic heterocycles. The number of ether oxygens (including phenoxy) is 2. The van der Waals surface area contributed by atoms with Crippen molar-refractivity contribution in [1.82, 2.24) is 0 Å². The maximum Gasteiger partial charge on any atom is 0.324 e. The zero-order chi connectivity index (χ0) is 43.6. The third-order valence-electron chi connectivity index (χ3n) is 10.9. The summed E-state index contributed by atoms with van der Waals surface area (Å²) in [4.78, 5) is 5.06. The van der Waals surface area contributed by atoms with Gasteiger partial charge >= 0.3 is 18.6 Å². The van der Waals surface area contributed by atoms with Gasteiger partial charge in [0.2, 0.25) is 0 Å². The number of hydrogen-bond donors (Lipinski definition) is 0. The zero-order valence-corrected chi connectivity index (χ0v) is 44.0. The Kier molecular flexibility index (Phi) is 25.0. The molecular weight excluding hydrogens is 821 g/mol. The average molecular weight is 901 g/mol. The Labute approximate surface area is 372 Å². The van der Waals surface area contributed by atoms with Gasteiger partial charge in [-0.15, -0.1) is 0 Å². The molecule has 60 heavy (non-hydrogen) atoms. The number of nitrogens with zero attached hydrogens (tertiary/aromatic N) is 2. The lowest BCUT2D eigenvalue weighted by Gasteiger charge is -2.35. The van der Waals surface area contributed by atoms with Crippen molar-refractivity contribution in [3.8, 4) is 11.5 Å². The van der Waals surface area contributed by atoms with Crippen LogP contribution in [0.1, 0.15) is 94.9 Å². The summed E-state index contributed by atoms with van der Waals surface area (Å²) in [5, 5.41) is -0.637. The van der Waals surface area contributed by atoms with Crippen LogP contribution in [0.5, 0.6) is 11.5 Å². The number of rotatable bonds is 34. The fraction of sp³-hybridized carbons (Fsp3) is 0.609. The molecule has 0 radical (unpaired) electrons. The van der Waals surface area contributed by atoms with Gasteiger partial charge < -0.3 is 45.8 Å². The predicted molar refractivity (Wildman–Crippen MR) is 260 cm³/mol. The molecular formula is C46H80N2O8Si4. The number of anilines is 2. The van der Waals surface area contributed by atoms with Gasteiger partial charge in [0.1, 0.15) is 11.5 Å². The monoisotopic (exact) mass is 900 g/mol. The van der Waals surface area contributed by atoms with E-state index < -0.39 is 38.1 Å². The Morgan fingerprint density at radius 2 is 0.817 bits per heavy atom. The summed E-state index contributed by atoms with van der Waals surface area (Å²) >= 11 is 0. The second-order valence-corrected chi connectivity index (χ2v) is 25.3. The van der Waals surface area contributed by atoms with Crippen LogP contribution in [0.25, 0.3) is 0 Å². The van der Waals surface area contributed by atoms with Crippen LogP contribution < -0.4 is 18.7 Å². The molecule has 0 aliphatic heterocycles. The van der Waals surface area contributed by atoms with Crippen LogP contribution in [0.15, 0.2) is 84.9 Å². The van der Waals surface area contributed by atoms with Crippen LogP contribution in [0.3, 0.4) is 0 Å². The van der Waals surface area contributed by atoms with Gasteiger partial charge in [0.05, 0.1) is 10.4 Å². The van der Waals surface area contributed by atoms with E-state index in [4.69, 9.17) is 36.0 Å². The highest BCUT2D eigenvalue weighted by Gasteiger charge is 2.31. The van der Waals surface area contributed by atoms with Crippen molar-refractivity contribution in [2.75, 3.05) is 75.6 Å². The topological polar surface area (TPSA) is 80.3 Å². The van der Waals surface area contributed by atoms with Gasteiger partial charge in [-0.05, 0) is 141 Å². The number of benzene rings is 3. The summed E-state index contributed by atoms with van der Waals surface area (Å²) in [6.45, 7) is 29.0. The van der Waals surface area contributed by atoms with Crippen molar-refractivity contribution in [1.29, 1.82) is 0 Å². The fourth-order valence-corrected chi connectivity index (χ4v) is 13.5. The van der Waals surface area contributed by atoms with Crippen LogP contribution in [0.4, 0.5) is 11.4 Å². The summed E-state index contributed by atoms with van der Waals surface area (Å²) < 4.78 is 50.4. The molecule has 14 heteroatoms. The molecule has 0 aliphatic rings. The number of para-hydroxylation sites is 2. The predicted octanol–water partition coefficient (Wildman–Crippen LogP) is 8.06. The fourth-order valence-electron chi connectivity index (χ4n) is 7.33. The molecule has 0 saturated carbocycles. The Morgan fingerprint density at radius 1 is 0.483 bits per heavy atom. The zero-order valence-electron chi connectivity index (χ0n) is 38.9. The van der Waals surface area contributed by atoms with E-state index in [2.05, 4.69) is 103 Å². The maximum absolute atomic E-state index is 6.46. The first-order valence-corrected chi connectivity index (χ1v) is 28.5. The molecule has 0 aliphatic carbocycles. The molecule has 0 amide bonds. The summed E-state index contributed by atoms with van der Waals surface area (Å²) in [5.41, 5.74) is 3.15. The molecule has 0 bridgehead atoms. The largest absolute Gasteiger partial charge is 0.546 e. The van der Waals surface area contributed by atoms with Gasteiger partial charge in [0, 0.05) is 77.2 Å². The minimum atomic E-state index is -1.80. The lowest BCUT2D eigenvalue weighted by atomic mass is 10.1. The Hall–Kier alpha value is -2.51. The Balaban J connectivity index is 1.89. The first-order valence-electron chi connectivity index (χ1n) is 22.7. The van der Waals surface area contributed by atoms with E-state index in [1.807, 2.05) is 60.7 Å². The van der Waals surface area contributed by atoms with E-state index in [0.717, 1.165) is 63.4 Å². The van der Waals surface area contributed by atoms with Crippen molar-refractivity contribution in [2.45, 2.75) is 116 Å². The Bertz CT molecular complexity index is 1400. The van der Waals surface area contributed by atoms with Crippen molar-refractivity contribution in [3.63, 3.8) is 0 Å². The van der Waals surface area contributed by atoms with Crippen LogP contribution >= 0.6 is 0 Å². The van der Waals surface area contributed by atoms with E-state index in [1.54, 1.807) is 0 Å². The van der Waals surface area contributed by atoms with Crippen LogP contribution in [-0.4, -0.2) is 114 Å². The highest BCUT2D eigenvalue weighted by atomic mass is 28.3. The van der Waals surface area contributed by atoms with E-state index in [-0.39, 0.29) is 10.4 Å². The summed E-state index contributed by atoms with van der Waals surface area (Å²) in [6, 6.07) is 29.5. The highest BCUT2D eigenvalue weighted by molar-refractivity contribution is 6.46. The molecule has 10 nitrogen and oxygen atoms in total. The molecule has 0 heterocycles. The van der Waals surface area contributed by atoms with E-state index in [9.17, 15) is 0 Å². The average Bonchev–Trinajstić information content (AvgIpc) is 3.26. The Morgan fingerprint density at radius 3 is 1.12 bits per heavy atom. The molecule has 0 fully saturated rings. The molecule has 4 unspecified atom stereocenters. The van der Waals surface area contributed by atoms with Crippen molar-refractivity contribution < 1.29 is 36.0 Å². The molecule has 4 atom stereocenters. The summed E-state index contributed by atoms with van der Waals surface area (Å²) in [5.74, 6) is 1.83. The second-order valence-electron chi connectivity index (χ2n) is 16.0. The first kappa shape index (κ1) is 51.8.